The lowest BCUT2D eigenvalue weighted by molar-refractivity contribution is -0.148. The van der Waals surface area contributed by atoms with Crippen LogP contribution in [0.4, 0.5) is 13.2 Å². The molecule has 2 amide bonds. The van der Waals surface area contributed by atoms with Crippen LogP contribution in [0.2, 0.25) is 0 Å². The largest absolute Gasteiger partial charge is 0.389 e. The van der Waals surface area contributed by atoms with E-state index in [2.05, 4.69) is 5.32 Å². The predicted molar refractivity (Wildman–Crippen MR) is 56.5 cm³/mol. The van der Waals surface area contributed by atoms with Crippen molar-refractivity contribution in [3.05, 3.63) is 0 Å². The lowest BCUT2D eigenvalue weighted by Crippen LogP contribution is -2.59. The highest BCUT2D eigenvalue weighted by atomic mass is 19.4. The van der Waals surface area contributed by atoms with Crippen molar-refractivity contribution in [3.8, 4) is 0 Å². The minimum Gasteiger partial charge on any atom is -0.342 e. The van der Waals surface area contributed by atoms with Crippen molar-refractivity contribution in [3.63, 3.8) is 0 Å². The number of nitrogens with one attached hydrogen (secondary N) is 1. The SMILES string of the molecule is O=C1CN(CCCC(F)(F)F)C(=O)C(C2CC2)N1. The van der Waals surface area contributed by atoms with Crippen molar-refractivity contribution < 1.29 is 22.8 Å². The van der Waals surface area contributed by atoms with Crippen LogP contribution in [0.1, 0.15) is 25.7 Å². The number of nitrogens with zero attached hydrogens (tertiary/aromatic N) is 1. The molecule has 1 saturated carbocycles. The van der Waals surface area contributed by atoms with Gasteiger partial charge in [0, 0.05) is 13.0 Å². The second kappa shape index (κ2) is 4.78. The first kappa shape index (κ1) is 13.2. The first-order valence-corrected chi connectivity index (χ1v) is 6.02. The minimum absolute atomic E-state index is 0.00498. The molecule has 2 rings (SSSR count). The van der Waals surface area contributed by atoms with Crippen molar-refractivity contribution >= 4 is 11.8 Å². The highest BCUT2D eigenvalue weighted by molar-refractivity contribution is 5.95. The Kier molecular flexibility index (Phi) is 3.49. The molecule has 0 aromatic rings. The normalized spacial score (nSPS) is 25.3. The van der Waals surface area contributed by atoms with Crippen LogP contribution in [0.5, 0.6) is 0 Å². The Morgan fingerprint density at radius 1 is 1.28 bits per heavy atom. The van der Waals surface area contributed by atoms with Gasteiger partial charge in [-0.05, 0) is 25.2 Å². The number of halogens is 3. The Morgan fingerprint density at radius 3 is 2.50 bits per heavy atom. The van der Waals surface area contributed by atoms with E-state index in [0.29, 0.717) is 0 Å². The molecule has 4 nitrogen and oxygen atoms in total. The molecule has 1 unspecified atom stereocenters. The minimum atomic E-state index is -4.21. The van der Waals surface area contributed by atoms with E-state index in [-0.39, 0.29) is 37.2 Å². The van der Waals surface area contributed by atoms with Gasteiger partial charge in [-0.15, -0.1) is 0 Å². The summed E-state index contributed by atoms with van der Waals surface area (Å²) >= 11 is 0. The number of piperazine rings is 1. The average Bonchev–Trinajstić information content (AvgIpc) is 3.04. The van der Waals surface area contributed by atoms with Crippen molar-refractivity contribution in [2.45, 2.75) is 37.9 Å². The Labute approximate surface area is 103 Å². The van der Waals surface area contributed by atoms with Gasteiger partial charge in [-0.1, -0.05) is 0 Å². The highest BCUT2D eigenvalue weighted by Gasteiger charge is 2.42. The molecule has 0 bridgehead atoms. The smallest absolute Gasteiger partial charge is 0.342 e. The maximum absolute atomic E-state index is 12.0. The quantitative estimate of drug-likeness (QED) is 0.825. The van der Waals surface area contributed by atoms with Crippen LogP contribution in [0, 0.1) is 5.92 Å². The van der Waals surface area contributed by atoms with Crippen LogP contribution >= 0.6 is 0 Å². The monoisotopic (exact) mass is 264 g/mol. The summed E-state index contributed by atoms with van der Waals surface area (Å²) in [6, 6.07) is -0.517. The molecule has 0 spiro atoms. The third kappa shape index (κ3) is 3.36. The van der Waals surface area contributed by atoms with Gasteiger partial charge >= 0.3 is 6.18 Å². The van der Waals surface area contributed by atoms with Crippen LogP contribution in [0.15, 0.2) is 0 Å². The maximum Gasteiger partial charge on any atom is 0.389 e. The second-order valence-corrected chi connectivity index (χ2v) is 4.86. The number of carbonyl (C=O) groups is 2. The Hall–Kier alpha value is -1.27. The van der Waals surface area contributed by atoms with Crippen LogP contribution in [0.3, 0.4) is 0 Å². The molecular weight excluding hydrogens is 249 g/mol. The standard InChI is InChI=1S/C11H15F3N2O2/c12-11(13,14)4-1-5-16-6-8(17)15-9(10(16)18)7-2-3-7/h7,9H,1-6H2,(H,15,17). The van der Waals surface area contributed by atoms with Gasteiger partial charge in [0.25, 0.3) is 0 Å². The van der Waals surface area contributed by atoms with Crippen LogP contribution in [0.25, 0.3) is 0 Å². The molecule has 1 heterocycles. The molecule has 0 aromatic carbocycles. The van der Waals surface area contributed by atoms with Crippen molar-refractivity contribution in [2.24, 2.45) is 5.92 Å². The zero-order valence-corrected chi connectivity index (χ0v) is 9.79. The summed E-state index contributed by atoms with van der Waals surface area (Å²) in [5, 5.41) is 2.61. The molecule has 102 valence electrons. The molecule has 0 aromatic heterocycles. The summed E-state index contributed by atoms with van der Waals surface area (Å²) in [5.41, 5.74) is 0. The van der Waals surface area contributed by atoms with Gasteiger partial charge in [-0.2, -0.15) is 13.2 Å². The van der Waals surface area contributed by atoms with Crippen LogP contribution < -0.4 is 5.32 Å². The fraction of sp³-hybridized carbons (Fsp3) is 0.818. The van der Waals surface area contributed by atoms with E-state index in [9.17, 15) is 22.8 Å². The molecule has 2 aliphatic rings. The zero-order chi connectivity index (χ0) is 13.3. The Bertz CT molecular complexity index is 353. The number of rotatable bonds is 4. The van der Waals surface area contributed by atoms with E-state index in [0.717, 1.165) is 12.8 Å². The predicted octanol–water partition coefficient (Wildman–Crippen LogP) is 1.07. The lowest BCUT2D eigenvalue weighted by atomic mass is 10.1. The van der Waals surface area contributed by atoms with Gasteiger partial charge in [0.2, 0.25) is 11.8 Å². The number of alkyl halides is 3. The molecule has 1 N–H and O–H groups in total. The summed E-state index contributed by atoms with van der Waals surface area (Å²) in [4.78, 5) is 24.6. The van der Waals surface area contributed by atoms with Crippen LogP contribution in [-0.4, -0.2) is 42.0 Å². The first-order chi connectivity index (χ1) is 8.37. The molecular formula is C11H15F3N2O2. The van der Waals surface area contributed by atoms with Gasteiger partial charge in [0.1, 0.15) is 6.04 Å². The molecule has 1 aliphatic heterocycles. The number of amides is 2. The van der Waals surface area contributed by atoms with Gasteiger partial charge in [0.15, 0.2) is 0 Å². The third-order valence-corrected chi connectivity index (χ3v) is 3.21. The third-order valence-electron chi connectivity index (χ3n) is 3.21. The number of hydrogen-bond donors (Lipinski definition) is 1. The molecule has 7 heteroatoms. The lowest BCUT2D eigenvalue weighted by Gasteiger charge is -2.32. The van der Waals surface area contributed by atoms with Crippen molar-refractivity contribution in [1.29, 1.82) is 0 Å². The Balaban J connectivity index is 1.86. The van der Waals surface area contributed by atoms with E-state index >= 15 is 0 Å². The fourth-order valence-corrected chi connectivity index (χ4v) is 2.14. The van der Waals surface area contributed by atoms with E-state index in [4.69, 9.17) is 0 Å². The summed E-state index contributed by atoms with van der Waals surface area (Å²) in [6.45, 7) is -0.130. The Morgan fingerprint density at radius 2 is 1.94 bits per heavy atom. The van der Waals surface area contributed by atoms with Gasteiger partial charge < -0.3 is 10.2 Å². The molecule has 0 radical (unpaired) electrons. The topological polar surface area (TPSA) is 49.4 Å². The molecule has 2 fully saturated rings. The van der Waals surface area contributed by atoms with Gasteiger partial charge in [-0.3, -0.25) is 9.59 Å². The second-order valence-electron chi connectivity index (χ2n) is 4.86. The maximum atomic E-state index is 12.0. The fourth-order valence-electron chi connectivity index (χ4n) is 2.14. The van der Waals surface area contributed by atoms with Gasteiger partial charge in [0.05, 0.1) is 6.54 Å². The van der Waals surface area contributed by atoms with E-state index in [1.165, 1.54) is 4.90 Å². The number of carbonyl (C=O) groups excluding carboxylic acids is 2. The van der Waals surface area contributed by atoms with Gasteiger partial charge in [-0.25, -0.2) is 0 Å². The first-order valence-electron chi connectivity index (χ1n) is 6.02. The molecule has 1 saturated heterocycles. The summed E-state index contributed by atoms with van der Waals surface area (Å²) < 4.78 is 36.0. The highest BCUT2D eigenvalue weighted by Crippen LogP contribution is 2.34. The van der Waals surface area contributed by atoms with Crippen LogP contribution in [-0.2, 0) is 9.59 Å². The molecule has 18 heavy (non-hydrogen) atoms. The summed E-state index contributed by atoms with van der Waals surface area (Å²) in [7, 11) is 0. The van der Waals surface area contributed by atoms with Crippen molar-refractivity contribution in [2.75, 3.05) is 13.1 Å². The molecule has 1 atom stereocenters. The van der Waals surface area contributed by atoms with Crippen molar-refractivity contribution in [1.82, 2.24) is 10.2 Å². The zero-order valence-electron chi connectivity index (χ0n) is 9.79. The summed E-state index contributed by atoms with van der Waals surface area (Å²) in [6.07, 6.45) is -3.50. The average molecular weight is 264 g/mol. The number of hydrogen-bond acceptors (Lipinski definition) is 2. The van der Waals surface area contributed by atoms with E-state index < -0.39 is 18.6 Å². The van der Waals surface area contributed by atoms with E-state index in [1.54, 1.807) is 0 Å². The van der Waals surface area contributed by atoms with E-state index in [1.807, 2.05) is 0 Å². The summed E-state index contributed by atoms with van der Waals surface area (Å²) in [5.74, 6) is -0.343. The molecule has 1 aliphatic carbocycles.